The van der Waals surface area contributed by atoms with Crippen LogP contribution in [0.5, 0.6) is 0 Å². The Morgan fingerprint density at radius 3 is 2.58 bits per heavy atom. The SMILES string of the molecule is CC(=O)OCCCC1CCC(N(C)C(=O)Cc2ccc(Cl)c(Cl)c2)C(N2CCCC2)C1. The number of amides is 1. The molecule has 31 heavy (non-hydrogen) atoms. The summed E-state index contributed by atoms with van der Waals surface area (Å²) in [5.74, 6) is 0.539. The van der Waals surface area contributed by atoms with E-state index >= 15 is 0 Å². The molecule has 0 radical (unpaired) electrons. The van der Waals surface area contributed by atoms with Crippen molar-refractivity contribution in [3.8, 4) is 0 Å². The molecule has 1 saturated heterocycles. The lowest BCUT2D eigenvalue weighted by atomic mass is 9.78. The summed E-state index contributed by atoms with van der Waals surface area (Å²) in [6, 6.07) is 6.04. The lowest BCUT2D eigenvalue weighted by Gasteiger charge is -2.45. The topological polar surface area (TPSA) is 49.9 Å². The van der Waals surface area contributed by atoms with Crippen molar-refractivity contribution in [1.82, 2.24) is 9.80 Å². The first-order valence-electron chi connectivity index (χ1n) is 11.4. The number of benzene rings is 1. The van der Waals surface area contributed by atoms with Crippen LogP contribution in [0.25, 0.3) is 0 Å². The van der Waals surface area contributed by atoms with Gasteiger partial charge in [0.1, 0.15) is 0 Å². The van der Waals surface area contributed by atoms with Gasteiger partial charge in [-0.15, -0.1) is 0 Å². The predicted octanol–water partition coefficient (Wildman–Crippen LogP) is 4.97. The van der Waals surface area contributed by atoms with Gasteiger partial charge >= 0.3 is 5.97 Å². The van der Waals surface area contributed by atoms with Crippen LogP contribution < -0.4 is 0 Å². The van der Waals surface area contributed by atoms with E-state index < -0.39 is 0 Å². The highest BCUT2D eigenvalue weighted by atomic mass is 35.5. The Morgan fingerprint density at radius 1 is 1.16 bits per heavy atom. The molecule has 1 heterocycles. The standard InChI is InChI=1S/C24H34Cl2N2O3/c1-17(29)31-13-5-6-18-8-10-22(23(15-18)28-11-3-4-12-28)27(2)24(30)16-19-7-9-20(25)21(26)14-19/h7,9,14,18,22-23H,3-6,8,10-13,15-16H2,1-2H3. The molecule has 0 N–H and O–H groups in total. The second-order valence-electron chi connectivity index (χ2n) is 8.97. The summed E-state index contributed by atoms with van der Waals surface area (Å²) >= 11 is 12.1. The van der Waals surface area contributed by atoms with E-state index in [0.717, 1.165) is 50.8 Å². The van der Waals surface area contributed by atoms with Gasteiger partial charge in [0.05, 0.1) is 23.1 Å². The quantitative estimate of drug-likeness (QED) is 0.399. The Labute approximate surface area is 196 Å². The van der Waals surface area contributed by atoms with Crippen LogP contribution in [0.1, 0.15) is 57.4 Å². The van der Waals surface area contributed by atoms with E-state index in [4.69, 9.17) is 27.9 Å². The highest BCUT2D eigenvalue weighted by Crippen LogP contribution is 2.35. The average Bonchev–Trinajstić information content (AvgIpc) is 3.28. The van der Waals surface area contributed by atoms with Crippen LogP contribution in [0.2, 0.25) is 10.0 Å². The Kier molecular flexibility index (Phi) is 9.06. The first kappa shape index (κ1) is 24.3. The molecule has 5 nitrogen and oxygen atoms in total. The van der Waals surface area contributed by atoms with E-state index in [1.54, 1.807) is 12.1 Å². The van der Waals surface area contributed by atoms with Crippen molar-refractivity contribution < 1.29 is 14.3 Å². The molecule has 1 saturated carbocycles. The Balaban J connectivity index is 1.61. The third-order valence-electron chi connectivity index (χ3n) is 6.79. The second kappa shape index (κ2) is 11.5. The van der Waals surface area contributed by atoms with Crippen LogP contribution in [-0.4, -0.2) is 60.5 Å². The van der Waals surface area contributed by atoms with Gasteiger partial charge in [-0.25, -0.2) is 0 Å². The number of carbonyl (C=O) groups is 2. The zero-order chi connectivity index (χ0) is 22.4. The fourth-order valence-corrected chi connectivity index (χ4v) is 5.44. The van der Waals surface area contributed by atoms with Crippen molar-refractivity contribution in [2.45, 2.75) is 70.4 Å². The second-order valence-corrected chi connectivity index (χ2v) is 9.78. The monoisotopic (exact) mass is 468 g/mol. The highest BCUT2D eigenvalue weighted by molar-refractivity contribution is 6.42. The van der Waals surface area contributed by atoms with Crippen molar-refractivity contribution in [3.63, 3.8) is 0 Å². The molecule has 0 aromatic heterocycles. The minimum absolute atomic E-state index is 0.126. The maximum Gasteiger partial charge on any atom is 0.302 e. The molecule has 3 unspecified atom stereocenters. The molecule has 1 aliphatic carbocycles. The average molecular weight is 469 g/mol. The molecule has 2 aliphatic rings. The molecule has 1 aromatic rings. The van der Waals surface area contributed by atoms with Crippen molar-refractivity contribution in [2.24, 2.45) is 5.92 Å². The maximum absolute atomic E-state index is 13.1. The number of esters is 1. The molecule has 1 aliphatic heterocycles. The molecule has 3 atom stereocenters. The third kappa shape index (κ3) is 6.84. The summed E-state index contributed by atoms with van der Waals surface area (Å²) in [4.78, 5) is 28.7. The number of carbonyl (C=O) groups excluding carboxylic acids is 2. The van der Waals surface area contributed by atoms with Crippen LogP contribution in [0.3, 0.4) is 0 Å². The molecule has 0 bridgehead atoms. The van der Waals surface area contributed by atoms with Crippen LogP contribution in [0, 0.1) is 5.92 Å². The molecule has 172 valence electrons. The lowest BCUT2D eigenvalue weighted by molar-refractivity contribution is -0.141. The molecule has 1 aromatic carbocycles. The predicted molar refractivity (Wildman–Crippen MR) is 125 cm³/mol. The minimum Gasteiger partial charge on any atom is -0.466 e. The van der Waals surface area contributed by atoms with E-state index in [1.807, 2.05) is 18.0 Å². The molecule has 1 amide bonds. The molecular weight excluding hydrogens is 435 g/mol. The van der Waals surface area contributed by atoms with Crippen LogP contribution in [-0.2, 0) is 20.7 Å². The van der Waals surface area contributed by atoms with Gasteiger partial charge in [-0.2, -0.15) is 0 Å². The number of likely N-dealkylation sites (N-methyl/N-ethyl adjacent to an activating group) is 1. The van der Waals surface area contributed by atoms with E-state index in [0.29, 0.717) is 35.0 Å². The molecule has 2 fully saturated rings. The molecule has 0 spiro atoms. The van der Waals surface area contributed by atoms with Crippen molar-refractivity contribution in [2.75, 3.05) is 26.7 Å². The number of likely N-dealkylation sites (tertiary alicyclic amines) is 1. The fraction of sp³-hybridized carbons (Fsp3) is 0.667. The summed E-state index contributed by atoms with van der Waals surface area (Å²) in [6.45, 7) is 4.21. The lowest BCUT2D eigenvalue weighted by Crippen LogP contribution is -2.54. The summed E-state index contributed by atoms with van der Waals surface area (Å²) < 4.78 is 5.10. The summed E-state index contributed by atoms with van der Waals surface area (Å²) in [7, 11) is 1.95. The fourth-order valence-electron chi connectivity index (χ4n) is 5.12. The van der Waals surface area contributed by atoms with Crippen LogP contribution in [0.15, 0.2) is 18.2 Å². The molecule has 7 heteroatoms. The Morgan fingerprint density at radius 2 is 1.90 bits per heavy atom. The van der Waals surface area contributed by atoms with Gasteiger partial charge in [-0.05, 0) is 81.6 Å². The number of nitrogens with zero attached hydrogens (tertiary/aromatic N) is 2. The van der Waals surface area contributed by atoms with Gasteiger partial charge in [0.25, 0.3) is 0 Å². The minimum atomic E-state index is -0.208. The first-order chi connectivity index (χ1) is 14.8. The zero-order valence-electron chi connectivity index (χ0n) is 18.6. The van der Waals surface area contributed by atoms with Crippen molar-refractivity contribution >= 4 is 35.1 Å². The van der Waals surface area contributed by atoms with Crippen LogP contribution >= 0.6 is 23.2 Å². The van der Waals surface area contributed by atoms with E-state index in [2.05, 4.69) is 4.90 Å². The normalized spacial score (nSPS) is 24.2. The summed E-state index contributed by atoms with van der Waals surface area (Å²) in [5, 5.41) is 0.992. The zero-order valence-corrected chi connectivity index (χ0v) is 20.1. The number of halogens is 2. The Bertz CT molecular complexity index is 767. The van der Waals surface area contributed by atoms with Gasteiger partial charge in [-0.3, -0.25) is 14.5 Å². The van der Waals surface area contributed by atoms with E-state index in [9.17, 15) is 9.59 Å². The van der Waals surface area contributed by atoms with Gasteiger partial charge in [0.15, 0.2) is 0 Å². The van der Waals surface area contributed by atoms with Crippen LogP contribution in [0.4, 0.5) is 0 Å². The van der Waals surface area contributed by atoms with E-state index in [-0.39, 0.29) is 17.9 Å². The van der Waals surface area contributed by atoms with Crippen molar-refractivity contribution in [3.05, 3.63) is 33.8 Å². The molecule has 3 rings (SSSR count). The number of hydrogen-bond donors (Lipinski definition) is 0. The smallest absolute Gasteiger partial charge is 0.302 e. The summed E-state index contributed by atoms with van der Waals surface area (Å²) in [6.07, 6.45) is 8.03. The summed E-state index contributed by atoms with van der Waals surface area (Å²) in [5.41, 5.74) is 0.892. The maximum atomic E-state index is 13.1. The van der Waals surface area contributed by atoms with Gasteiger partial charge < -0.3 is 9.64 Å². The first-order valence-corrected chi connectivity index (χ1v) is 12.2. The largest absolute Gasteiger partial charge is 0.466 e. The number of hydrogen-bond acceptors (Lipinski definition) is 4. The van der Waals surface area contributed by atoms with Gasteiger partial charge in [-0.1, -0.05) is 29.3 Å². The number of ether oxygens (including phenoxy) is 1. The highest BCUT2D eigenvalue weighted by Gasteiger charge is 2.38. The van der Waals surface area contributed by atoms with Gasteiger partial charge in [0.2, 0.25) is 5.91 Å². The molecular formula is C24H34Cl2N2O3. The van der Waals surface area contributed by atoms with E-state index in [1.165, 1.54) is 19.8 Å². The van der Waals surface area contributed by atoms with Gasteiger partial charge in [0, 0.05) is 26.1 Å². The number of rotatable bonds is 8. The third-order valence-corrected chi connectivity index (χ3v) is 7.53. The Hall–Kier alpha value is -1.30. The van der Waals surface area contributed by atoms with Crippen molar-refractivity contribution in [1.29, 1.82) is 0 Å².